The smallest absolute Gasteiger partial charge is 0.113 e. The number of aromatic nitrogens is 3. The van der Waals surface area contributed by atoms with Crippen LogP contribution in [0.1, 0.15) is 11.1 Å². The van der Waals surface area contributed by atoms with Crippen LogP contribution in [0.4, 0.5) is 0 Å². The predicted molar refractivity (Wildman–Crippen MR) is 77.5 cm³/mol. The first-order valence-corrected chi connectivity index (χ1v) is 6.31. The summed E-state index contributed by atoms with van der Waals surface area (Å²) < 4.78 is 1.90. The SMILES string of the molecule is C=CCc1cccc(-n2nnc3ccccc32)c1C. The van der Waals surface area contributed by atoms with E-state index in [0.29, 0.717) is 0 Å². The minimum atomic E-state index is 0.867. The number of allylic oxidation sites excluding steroid dienone is 1. The summed E-state index contributed by atoms with van der Waals surface area (Å²) in [5.41, 5.74) is 5.51. The molecule has 0 atom stereocenters. The quantitative estimate of drug-likeness (QED) is 0.665. The molecule has 94 valence electrons. The first-order chi connectivity index (χ1) is 9.31. The van der Waals surface area contributed by atoms with Gasteiger partial charge in [-0.05, 0) is 42.7 Å². The van der Waals surface area contributed by atoms with Gasteiger partial charge < -0.3 is 0 Å². The molecule has 0 radical (unpaired) electrons. The Morgan fingerprint density at radius 2 is 2.00 bits per heavy atom. The van der Waals surface area contributed by atoms with Gasteiger partial charge in [-0.2, -0.15) is 0 Å². The molecule has 0 fully saturated rings. The standard InChI is InChI=1S/C16H15N3/c1-3-7-13-8-6-11-15(12(13)2)19-16-10-5-4-9-14(16)17-18-19/h3-6,8-11H,1,7H2,2H3. The highest BCUT2D eigenvalue weighted by molar-refractivity contribution is 5.76. The first kappa shape index (κ1) is 11.7. The number of fused-ring (bicyclic) bond motifs is 1. The Hall–Kier alpha value is -2.42. The molecular formula is C16H15N3. The van der Waals surface area contributed by atoms with Gasteiger partial charge in [-0.15, -0.1) is 11.7 Å². The maximum Gasteiger partial charge on any atom is 0.113 e. The van der Waals surface area contributed by atoms with Gasteiger partial charge in [0, 0.05) is 0 Å². The van der Waals surface area contributed by atoms with Crippen molar-refractivity contribution in [2.75, 3.05) is 0 Å². The highest BCUT2D eigenvalue weighted by Crippen LogP contribution is 2.21. The Bertz CT molecular complexity index is 741. The lowest BCUT2D eigenvalue weighted by Gasteiger charge is -2.10. The number of hydrogen-bond donors (Lipinski definition) is 0. The van der Waals surface area contributed by atoms with E-state index < -0.39 is 0 Å². The van der Waals surface area contributed by atoms with Crippen LogP contribution in [0.5, 0.6) is 0 Å². The minimum Gasteiger partial charge on any atom is -0.213 e. The zero-order chi connectivity index (χ0) is 13.2. The molecule has 19 heavy (non-hydrogen) atoms. The summed E-state index contributed by atoms with van der Waals surface area (Å²) in [7, 11) is 0. The Morgan fingerprint density at radius 3 is 2.84 bits per heavy atom. The Balaban J connectivity index is 2.21. The summed E-state index contributed by atoms with van der Waals surface area (Å²) in [5.74, 6) is 0. The molecule has 0 unspecified atom stereocenters. The summed E-state index contributed by atoms with van der Waals surface area (Å²) in [4.78, 5) is 0. The fourth-order valence-corrected chi connectivity index (χ4v) is 2.32. The van der Waals surface area contributed by atoms with Crippen molar-refractivity contribution in [1.29, 1.82) is 0 Å². The van der Waals surface area contributed by atoms with E-state index in [2.05, 4.69) is 42.0 Å². The minimum absolute atomic E-state index is 0.867. The molecule has 0 amide bonds. The van der Waals surface area contributed by atoms with Gasteiger partial charge in [-0.1, -0.05) is 35.6 Å². The summed E-state index contributed by atoms with van der Waals surface area (Å²) in [6.45, 7) is 5.92. The van der Waals surface area contributed by atoms with Gasteiger partial charge in [0.25, 0.3) is 0 Å². The fourth-order valence-electron chi connectivity index (χ4n) is 2.32. The van der Waals surface area contributed by atoms with Crippen LogP contribution >= 0.6 is 0 Å². The zero-order valence-electron chi connectivity index (χ0n) is 10.9. The molecule has 0 saturated heterocycles. The van der Waals surface area contributed by atoms with Crippen molar-refractivity contribution in [1.82, 2.24) is 15.0 Å². The number of benzene rings is 2. The molecular weight excluding hydrogens is 234 g/mol. The number of rotatable bonds is 3. The van der Waals surface area contributed by atoms with Gasteiger partial charge >= 0.3 is 0 Å². The van der Waals surface area contributed by atoms with Crippen LogP contribution in [0.2, 0.25) is 0 Å². The highest BCUT2D eigenvalue weighted by Gasteiger charge is 2.09. The van der Waals surface area contributed by atoms with Crippen LogP contribution in [-0.2, 0) is 6.42 Å². The Labute approximate surface area is 112 Å². The van der Waals surface area contributed by atoms with E-state index >= 15 is 0 Å². The highest BCUT2D eigenvalue weighted by atomic mass is 15.4. The third-order valence-corrected chi connectivity index (χ3v) is 3.36. The van der Waals surface area contributed by atoms with Gasteiger partial charge in [0.1, 0.15) is 5.52 Å². The molecule has 0 saturated carbocycles. The second kappa shape index (κ2) is 4.69. The second-order valence-corrected chi connectivity index (χ2v) is 4.54. The molecule has 0 bridgehead atoms. The van der Waals surface area contributed by atoms with E-state index in [0.717, 1.165) is 23.1 Å². The first-order valence-electron chi connectivity index (χ1n) is 6.31. The molecule has 3 heteroatoms. The maximum absolute atomic E-state index is 4.27. The molecule has 3 nitrogen and oxygen atoms in total. The van der Waals surface area contributed by atoms with Crippen molar-refractivity contribution in [2.24, 2.45) is 0 Å². The molecule has 1 heterocycles. The van der Waals surface area contributed by atoms with Gasteiger partial charge in [0.2, 0.25) is 0 Å². The van der Waals surface area contributed by atoms with Crippen LogP contribution in [0.15, 0.2) is 55.1 Å². The van der Waals surface area contributed by atoms with Crippen molar-refractivity contribution in [2.45, 2.75) is 13.3 Å². The average Bonchev–Trinajstić information content (AvgIpc) is 2.85. The largest absolute Gasteiger partial charge is 0.213 e. The van der Waals surface area contributed by atoms with E-state index in [4.69, 9.17) is 0 Å². The van der Waals surface area contributed by atoms with Gasteiger partial charge in [-0.3, -0.25) is 0 Å². The van der Waals surface area contributed by atoms with Crippen LogP contribution in [0.25, 0.3) is 16.7 Å². The molecule has 3 aromatic rings. The monoisotopic (exact) mass is 249 g/mol. The molecule has 0 aliphatic carbocycles. The third kappa shape index (κ3) is 1.93. The number of nitrogens with zero attached hydrogens (tertiary/aromatic N) is 3. The molecule has 1 aromatic heterocycles. The van der Waals surface area contributed by atoms with Crippen LogP contribution < -0.4 is 0 Å². The molecule has 0 N–H and O–H groups in total. The van der Waals surface area contributed by atoms with Crippen molar-refractivity contribution in [3.63, 3.8) is 0 Å². The number of para-hydroxylation sites is 1. The van der Waals surface area contributed by atoms with E-state index in [1.54, 1.807) is 0 Å². The summed E-state index contributed by atoms with van der Waals surface area (Å²) in [6.07, 6.45) is 2.79. The van der Waals surface area contributed by atoms with Gasteiger partial charge in [-0.25, -0.2) is 4.68 Å². The second-order valence-electron chi connectivity index (χ2n) is 4.54. The normalized spacial score (nSPS) is 10.8. The van der Waals surface area contributed by atoms with E-state index in [9.17, 15) is 0 Å². The third-order valence-electron chi connectivity index (χ3n) is 3.36. The maximum atomic E-state index is 4.27. The lowest BCUT2D eigenvalue weighted by atomic mass is 10.0. The molecule has 0 spiro atoms. The Kier molecular flexibility index (Phi) is 2.88. The number of hydrogen-bond acceptors (Lipinski definition) is 2. The zero-order valence-corrected chi connectivity index (χ0v) is 10.9. The van der Waals surface area contributed by atoms with Crippen LogP contribution in [0.3, 0.4) is 0 Å². The van der Waals surface area contributed by atoms with Crippen molar-refractivity contribution >= 4 is 11.0 Å². The van der Waals surface area contributed by atoms with Gasteiger partial charge in [0.05, 0.1) is 11.2 Å². The fraction of sp³-hybridized carbons (Fsp3) is 0.125. The van der Waals surface area contributed by atoms with Crippen molar-refractivity contribution < 1.29 is 0 Å². The van der Waals surface area contributed by atoms with Crippen LogP contribution in [-0.4, -0.2) is 15.0 Å². The molecule has 3 rings (SSSR count). The predicted octanol–water partition coefficient (Wildman–Crippen LogP) is 3.46. The lowest BCUT2D eigenvalue weighted by molar-refractivity contribution is 0.817. The van der Waals surface area contributed by atoms with E-state index in [1.165, 1.54) is 11.1 Å². The van der Waals surface area contributed by atoms with Gasteiger partial charge in [0.15, 0.2) is 0 Å². The molecule has 0 aliphatic heterocycles. The van der Waals surface area contributed by atoms with Crippen molar-refractivity contribution in [3.05, 3.63) is 66.2 Å². The summed E-state index contributed by atoms with van der Waals surface area (Å²) in [5, 5.41) is 8.47. The summed E-state index contributed by atoms with van der Waals surface area (Å²) >= 11 is 0. The van der Waals surface area contributed by atoms with E-state index in [-0.39, 0.29) is 0 Å². The van der Waals surface area contributed by atoms with Crippen LogP contribution in [0, 0.1) is 6.92 Å². The topological polar surface area (TPSA) is 30.7 Å². The lowest BCUT2D eigenvalue weighted by Crippen LogP contribution is -2.01. The average molecular weight is 249 g/mol. The summed E-state index contributed by atoms with van der Waals surface area (Å²) in [6, 6.07) is 14.2. The molecule has 2 aromatic carbocycles. The molecule has 0 aliphatic rings. The van der Waals surface area contributed by atoms with Crippen molar-refractivity contribution in [3.8, 4) is 5.69 Å². The van der Waals surface area contributed by atoms with E-state index in [1.807, 2.05) is 35.0 Å². The Morgan fingerprint density at radius 1 is 1.16 bits per heavy atom.